The van der Waals surface area contributed by atoms with Crippen LogP contribution in [0, 0.1) is 23.8 Å². The van der Waals surface area contributed by atoms with Gasteiger partial charge in [-0.15, -0.1) is 18.2 Å². The van der Waals surface area contributed by atoms with E-state index < -0.39 is 22.5 Å². The number of aromatic nitrogens is 3. The van der Waals surface area contributed by atoms with Crippen LogP contribution >= 0.6 is 0 Å². The van der Waals surface area contributed by atoms with Crippen molar-refractivity contribution in [2.45, 2.75) is 38.5 Å². The molecule has 4 rings (SSSR count). The number of halogens is 2. The third-order valence-corrected chi connectivity index (χ3v) is 6.23. The predicted octanol–water partition coefficient (Wildman–Crippen LogP) is 6.07. The zero-order chi connectivity index (χ0) is 22.2. The average Bonchev–Trinajstić information content (AvgIpc) is 3.25. The summed E-state index contributed by atoms with van der Waals surface area (Å²) in [5.74, 6) is -1.34. The molecule has 2 aromatic carbocycles. The number of benzene rings is 2. The van der Waals surface area contributed by atoms with Crippen LogP contribution in [0.2, 0.25) is 0 Å². The van der Waals surface area contributed by atoms with Gasteiger partial charge in [0.2, 0.25) is 0 Å². The van der Waals surface area contributed by atoms with E-state index in [-0.39, 0.29) is 26.6 Å². The number of hydrogen-bond donors (Lipinski definition) is 0. The molecule has 3 nitrogen and oxygen atoms in total. The number of nitrogens with zero attached hydrogens (tertiary/aromatic N) is 3. The molecule has 4 aromatic rings. The fourth-order valence-corrected chi connectivity index (χ4v) is 3.52. The van der Waals surface area contributed by atoms with Gasteiger partial charge in [0.25, 0.3) is 0 Å². The molecular weight excluding hydrogens is 587 g/mol. The van der Waals surface area contributed by atoms with Crippen LogP contribution in [-0.4, -0.2) is 14.8 Å². The molecule has 32 heavy (non-hydrogen) atoms. The van der Waals surface area contributed by atoms with E-state index in [4.69, 9.17) is 10.1 Å². The third-order valence-electron chi connectivity index (χ3n) is 6.23. The minimum Gasteiger partial charge on any atom is -0.301 e. The number of hydrogen-bond acceptors (Lipinski definition) is 2. The Morgan fingerprint density at radius 2 is 1.62 bits per heavy atom. The summed E-state index contributed by atoms with van der Waals surface area (Å²) < 4.78 is 29.4. The second kappa shape index (κ2) is 9.07. The molecule has 0 radical (unpaired) electrons. The summed E-state index contributed by atoms with van der Waals surface area (Å²) in [4.78, 5) is 4.73. The molecular formula is C26H23F2N3Pt. The maximum absolute atomic E-state index is 14.3. The van der Waals surface area contributed by atoms with E-state index in [9.17, 15) is 8.78 Å². The summed E-state index contributed by atoms with van der Waals surface area (Å²) in [5.41, 5.74) is 2.28. The maximum Gasteiger partial charge on any atom is 2.00 e. The van der Waals surface area contributed by atoms with Gasteiger partial charge in [0.1, 0.15) is 0 Å². The van der Waals surface area contributed by atoms with Gasteiger partial charge in [-0.2, -0.15) is 29.4 Å². The van der Waals surface area contributed by atoms with Crippen LogP contribution in [0.3, 0.4) is 0 Å². The van der Waals surface area contributed by atoms with E-state index in [1.54, 1.807) is 10.7 Å². The van der Waals surface area contributed by atoms with Gasteiger partial charge in [0, 0.05) is 34.4 Å². The third kappa shape index (κ3) is 4.31. The first-order valence-electron chi connectivity index (χ1n) is 10.1. The van der Waals surface area contributed by atoms with Crippen LogP contribution in [-0.2, 0) is 31.9 Å². The molecule has 0 saturated heterocycles. The van der Waals surface area contributed by atoms with E-state index in [0.717, 1.165) is 29.2 Å². The second-order valence-corrected chi connectivity index (χ2v) is 8.59. The standard InChI is InChI=1S/C26H23F2N3.Pt/c1-25(2,23-12-8-11-22(29-23)20-14-13-18(27)17-21(20)28)26(3,4)24-15-16-31(30-24)19-9-6-5-7-10-19;/h5-9,11-13,15-17H,1-4H3;/q-2;+2. The summed E-state index contributed by atoms with van der Waals surface area (Å²) >= 11 is 0. The molecule has 0 saturated carbocycles. The van der Waals surface area contributed by atoms with Crippen LogP contribution in [0.15, 0.2) is 66.9 Å². The maximum atomic E-state index is 14.3. The minimum atomic E-state index is -0.681. The van der Waals surface area contributed by atoms with E-state index in [1.807, 2.05) is 48.7 Å². The van der Waals surface area contributed by atoms with Crippen LogP contribution in [0.4, 0.5) is 8.78 Å². The van der Waals surface area contributed by atoms with Gasteiger partial charge in [0.15, 0.2) is 0 Å². The van der Waals surface area contributed by atoms with Crippen LogP contribution in [0.1, 0.15) is 39.1 Å². The van der Waals surface area contributed by atoms with Crippen molar-refractivity contribution in [3.63, 3.8) is 0 Å². The molecule has 0 aliphatic heterocycles. The minimum absolute atomic E-state index is 0. The first-order chi connectivity index (χ1) is 14.7. The Morgan fingerprint density at radius 1 is 0.875 bits per heavy atom. The van der Waals surface area contributed by atoms with Gasteiger partial charge in [-0.3, -0.25) is 13.5 Å². The number of para-hydroxylation sites is 1. The summed E-state index contributed by atoms with van der Waals surface area (Å²) in [6.45, 7) is 8.43. The summed E-state index contributed by atoms with van der Waals surface area (Å²) in [6.07, 6.45) is 1.92. The summed E-state index contributed by atoms with van der Waals surface area (Å²) in [7, 11) is 0. The van der Waals surface area contributed by atoms with Crippen LogP contribution in [0.5, 0.6) is 0 Å². The fraction of sp³-hybridized carbons (Fsp3) is 0.231. The van der Waals surface area contributed by atoms with E-state index in [2.05, 4.69) is 39.8 Å². The van der Waals surface area contributed by atoms with Gasteiger partial charge in [-0.1, -0.05) is 51.5 Å². The topological polar surface area (TPSA) is 30.7 Å². The molecule has 0 aliphatic rings. The van der Waals surface area contributed by atoms with Crippen molar-refractivity contribution in [2.24, 2.45) is 0 Å². The Morgan fingerprint density at radius 3 is 2.31 bits per heavy atom. The molecule has 0 aliphatic carbocycles. The second-order valence-electron chi connectivity index (χ2n) is 8.59. The van der Waals surface area contributed by atoms with Crippen molar-refractivity contribution in [1.29, 1.82) is 0 Å². The van der Waals surface area contributed by atoms with Gasteiger partial charge in [-0.05, 0) is 23.5 Å². The molecule has 2 aromatic heterocycles. The van der Waals surface area contributed by atoms with Gasteiger partial charge in [0.05, 0.1) is 5.69 Å². The number of rotatable bonds is 5. The zero-order valence-electron chi connectivity index (χ0n) is 18.3. The van der Waals surface area contributed by atoms with Crippen molar-refractivity contribution in [2.75, 3.05) is 0 Å². The predicted molar refractivity (Wildman–Crippen MR) is 117 cm³/mol. The molecule has 2 heterocycles. The van der Waals surface area contributed by atoms with E-state index in [1.165, 1.54) is 0 Å². The van der Waals surface area contributed by atoms with Crippen LogP contribution in [0.25, 0.3) is 16.9 Å². The van der Waals surface area contributed by atoms with Crippen molar-refractivity contribution in [1.82, 2.24) is 14.8 Å². The monoisotopic (exact) mass is 610 g/mol. The van der Waals surface area contributed by atoms with Crippen LogP contribution < -0.4 is 0 Å². The molecule has 166 valence electrons. The van der Waals surface area contributed by atoms with Gasteiger partial charge >= 0.3 is 21.1 Å². The molecule has 6 heteroatoms. The largest absolute Gasteiger partial charge is 2.00 e. The average molecular weight is 611 g/mol. The normalized spacial score (nSPS) is 11.8. The molecule has 0 atom stereocenters. The Balaban J connectivity index is 0.00000289. The summed E-state index contributed by atoms with van der Waals surface area (Å²) in [6, 6.07) is 22.9. The molecule has 0 spiro atoms. The van der Waals surface area contributed by atoms with Gasteiger partial charge < -0.3 is 4.98 Å². The molecule has 0 N–H and O–H groups in total. The quantitative estimate of drug-likeness (QED) is 0.257. The SMILES string of the molecule is CC(C)(c1cccc(-c2[c-]cc(F)cc2F)n1)C(C)(C)c1ccn(-c2[c-]cccc2)n1.[Pt+2]. The van der Waals surface area contributed by atoms with Crippen molar-refractivity contribution in [3.05, 3.63) is 102 Å². The molecule has 0 unspecified atom stereocenters. The molecule has 0 bridgehead atoms. The molecule has 0 amide bonds. The smallest absolute Gasteiger partial charge is 0.301 e. The Hall–Kier alpha value is -2.65. The fourth-order valence-electron chi connectivity index (χ4n) is 3.52. The molecule has 0 fully saturated rings. The Labute approximate surface area is 201 Å². The Bertz CT molecular complexity index is 1220. The summed E-state index contributed by atoms with van der Waals surface area (Å²) in [5, 5.41) is 4.80. The number of pyridine rings is 1. The van der Waals surface area contributed by atoms with E-state index >= 15 is 0 Å². The van der Waals surface area contributed by atoms with Gasteiger partial charge in [-0.25, -0.2) is 0 Å². The van der Waals surface area contributed by atoms with Crippen molar-refractivity contribution < 1.29 is 29.8 Å². The first kappa shape index (κ1) is 24.0. The Kier molecular flexibility index (Phi) is 6.80. The zero-order valence-corrected chi connectivity index (χ0v) is 20.5. The first-order valence-corrected chi connectivity index (χ1v) is 10.1. The van der Waals surface area contributed by atoms with Crippen molar-refractivity contribution >= 4 is 0 Å². The van der Waals surface area contributed by atoms with E-state index in [0.29, 0.717) is 5.69 Å². The van der Waals surface area contributed by atoms with Crippen molar-refractivity contribution in [3.8, 4) is 16.9 Å².